The maximum Gasteiger partial charge on any atom is 0.258 e. The number of hydrogen-bond acceptors (Lipinski definition) is 4. The van der Waals surface area contributed by atoms with Gasteiger partial charge in [-0.1, -0.05) is 29.8 Å². The molecule has 7 heteroatoms. The van der Waals surface area contributed by atoms with Gasteiger partial charge in [-0.15, -0.1) is 11.8 Å². The monoisotopic (exact) mass is 401 g/mol. The highest BCUT2D eigenvalue weighted by Gasteiger charge is 2.15. The van der Waals surface area contributed by atoms with Gasteiger partial charge in [-0.3, -0.25) is 9.59 Å². The largest absolute Gasteiger partial charge is 0.324 e. The number of aryl methyl sites for hydroxylation is 2. The van der Waals surface area contributed by atoms with E-state index >= 15 is 0 Å². The number of halogens is 1. The molecule has 0 spiro atoms. The number of carbonyl (C=O) groups excluding carboxylic acids is 1. The molecule has 0 fully saturated rings. The lowest BCUT2D eigenvalue weighted by Crippen LogP contribution is -2.17. The highest BCUT2D eigenvalue weighted by Crippen LogP contribution is 2.29. The third kappa shape index (κ3) is 4.51. The molecule has 5 nitrogen and oxygen atoms in total. The van der Waals surface area contributed by atoms with Crippen molar-refractivity contribution < 1.29 is 4.79 Å². The van der Waals surface area contributed by atoms with Crippen molar-refractivity contribution in [2.24, 2.45) is 0 Å². The van der Waals surface area contributed by atoms with Gasteiger partial charge < -0.3 is 10.3 Å². The predicted octanol–water partition coefficient (Wildman–Crippen LogP) is 4.63. The van der Waals surface area contributed by atoms with Crippen molar-refractivity contribution in [3.63, 3.8) is 0 Å². The second-order valence-electron chi connectivity index (χ2n) is 6.41. The molecule has 3 aromatic rings. The first kappa shape index (κ1) is 19.5. The highest BCUT2D eigenvalue weighted by atomic mass is 35.5. The number of hydrogen-bond donors (Lipinski definition) is 2. The average Bonchev–Trinajstić information content (AvgIpc) is 2.62. The van der Waals surface area contributed by atoms with Gasteiger partial charge in [0.2, 0.25) is 5.91 Å². The van der Waals surface area contributed by atoms with Crippen molar-refractivity contribution in [2.75, 3.05) is 11.1 Å². The Morgan fingerprint density at radius 2 is 2.04 bits per heavy atom. The first-order valence-electron chi connectivity index (χ1n) is 8.52. The number of amides is 1. The molecular formula is C20H20ClN3O2S. The Bertz CT molecular complexity index is 1040. The summed E-state index contributed by atoms with van der Waals surface area (Å²) in [5.41, 5.74) is 3.08. The first-order valence-corrected chi connectivity index (χ1v) is 9.95. The lowest BCUT2D eigenvalue weighted by molar-refractivity contribution is -0.113. The molecule has 0 bridgehead atoms. The summed E-state index contributed by atoms with van der Waals surface area (Å²) in [4.78, 5) is 31.8. The van der Waals surface area contributed by atoms with Crippen molar-refractivity contribution in [3.8, 4) is 0 Å². The Hall–Kier alpha value is -2.31. The van der Waals surface area contributed by atoms with E-state index in [2.05, 4.69) is 15.3 Å². The van der Waals surface area contributed by atoms with E-state index in [4.69, 9.17) is 11.6 Å². The Kier molecular flexibility index (Phi) is 5.87. The van der Waals surface area contributed by atoms with Crippen molar-refractivity contribution in [1.29, 1.82) is 0 Å². The molecule has 1 heterocycles. The number of nitrogens with one attached hydrogen (secondary N) is 2. The van der Waals surface area contributed by atoms with E-state index in [1.165, 1.54) is 11.8 Å². The van der Waals surface area contributed by atoms with E-state index < -0.39 is 0 Å². The smallest absolute Gasteiger partial charge is 0.258 e. The van der Waals surface area contributed by atoms with Crippen LogP contribution in [0.5, 0.6) is 0 Å². The van der Waals surface area contributed by atoms with Crippen LogP contribution in [0.3, 0.4) is 0 Å². The number of fused-ring (bicyclic) bond motifs is 1. The summed E-state index contributed by atoms with van der Waals surface area (Å²) in [7, 11) is 0. The highest BCUT2D eigenvalue weighted by molar-refractivity contribution is 8.00. The third-order valence-electron chi connectivity index (χ3n) is 4.18. The first-order chi connectivity index (χ1) is 12.8. The molecular weight excluding hydrogens is 382 g/mol. The Morgan fingerprint density at radius 1 is 1.30 bits per heavy atom. The number of carbonyl (C=O) groups is 1. The molecule has 1 aromatic heterocycles. The van der Waals surface area contributed by atoms with Gasteiger partial charge in [-0.25, -0.2) is 4.98 Å². The molecule has 2 N–H and O–H groups in total. The zero-order valence-electron chi connectivity index (χ0n) is 15.3. The SMILES string of the molecule is Cc1cc(C)c(NC(=O)CSC(C)c2nc3ccccc3c(=O)[nH]2)c(Cl)c1. The minimum Gasteiger partial charge on any atom is -0.324 e. The fourth-order valence-electron chi connectivity index (χ4n) is 2.83. The minimum absolute atomic E-state index is 0.136. The van der Waals surface area contributed by atoms with E-state index in [9.17, 15) is 9.59 Å². The summed E-state index contributed by atoms with van der Waals surface area (Å²) in [6.07, 6.45) is 0. The number of aromatic amines is 1. The summed E-state index contributed by atoms with van der Waals surface area (Å²) >= 11 is 7.64. The number of thioether (sulfide) groups is 1. The van der Waals surface area contributed by atoms with Crippen LogP contribution >= 0.6 is 23.4 Å². The Morgan fingerprint density at radius 3 is 2.78 bits per heavy atom. The molecule has 1 amide bonds. The summed E-state index contributed by atoms with van der Waals surface area (Å²) in [6.45, 7) is 5.78. The topological polar surface area (TPSA) is 74.8 Å². The third-order valence-corrected chi connectivity index (χ3v) is 5.63. The molecule has 2 aromatic carbocycles. The van der Waals surface area contributed by atoms with Gasteiger partial charge in [0.1, 0.15) is 5.82 Å². The number of benzene rings is 2. The van der Waals surface area contributed by atoms with Gasteiger partial charge >= 0.3 is 0 Å². The van der Waals surface area contributed by atoms with Crippen LogP contribution in [0.1, 0.15) is 29.1 Å². The van der Waals surface area contributed by atoms with Gasteiger partial charge in [-0.05, 0) is 50.1 Å². The lowest BCUT2D eigenvalue weighted by Gasteiger charge is -2.13. The standard InChI is InChI=1S/C20H20ClN3O2S/c1-11-8-12(2)18(15(21)9-11)23-17(25)10-27-13(3)19-22-16-7-5-4-6-14(16)20(26)24-19/h4-9,13H,10H2,1-3H3,(H,23,25)(H,22,24,26). The molecule has 0 saturated carbocycles. The number of H-pyrrole nitrogens is 1. The van der Waals surface area contributed by atoms with Crippen LogP contribution in [-0.2, 0) is 4.79 Å². The number of rotatable bonds is 5. The maximum atomic E-state index is 12.3. The number of aromatic nitrogens is 2. The van der Waals surface area contributed by atoms with Crippen LogP contribution in [0, 0.1) is 13.8 Å². The van der Waals surface area contributed by atoms with Gasteiger partial charge in [0, 0.05) is 0 Å². The van der Waals surface area contributed by atoms with Crippen molar-refractivity contribution in [3.05, 3.63) is 68.7 Å². The summed E-state index contributed by atoms with van der Waals surface area (Å²) in [6, 6.07) is 11.0. The fourth-order valence-corrected chi connectivity index (χ4v) is 3.94. The van der Waals surface area contributed by atoms with Crippen molar-refractivity contribution in [1.82, 2.24) is 9.97 Å². The van der Waals surface area contributed by atoms with E-state index in [1.54, 1.807) is 18.2 Å². The average molecular weight is 402 g/mol. The number of para-hydroxylation sites is 1. The summed E-state index contributed by atoms with van der Waals surface area (Å²) < 4.78 is 0. The molecule has 0 saturated heterocycles. The van der Waals surface area contributed by atoms with Crippen LogP contribution in [0.15, 0.2) is 41.2 Å². The lowest BCUT2D eigenvalue weighted by atomic mass is 10.1. The molecule has 0 radical (unpaired) electrons. The molecule has 3 rings (SSSR count). The van der Waals surface area contributed by atoms with Gasteiger partial charge in [0.25, 0.3) is 5.56 Å². The van der Waals surface area contributed by atoms with E-state index in [0.717, 1.165) is 11.1 Å². The molecule has 0 aliphatic carbocycles. The second-order valence-corrected chi connectivity index (χ2v) is 8.14. The summed E-state index contributed by atoms with van der Waals surface area (Å²) in [5.74, 6) is 0.631. The van der Waals surface area contributed by atoms with Crippen LogP contribution in [0.25, 0.3) is 10.9 Å². The predicted molar refractivity (Wildman–Crippen MR) is 113 cm³/mol. The zero-order chi connectivity index (χ0) is 19.6. The second kappa shape index (κ2) is 8.15. The van der Waals surface area contributed by atoms with Crippen LogP contribution in [0.4, 0.5) is 5.69 Å². The van der Waals surface area contributed by atoms with Crippen molar-refractivity contribution >= 4 is 45.9 Å². The molecule has 27 heavy (non-hydrogen) atoms. The minimum atomic E-state index is -0.172. The molecule has 1 atom stereocenters. The van der Waals surface area contributed by atoms with Crippen LogP contribution < -0.4 is 10.9 Å². The van der Waals surface area contributed by atoms with E-state index in [1.807, 2.05) is 39.0 Å². The normalized spacial score (nSPS) is 12.1. The van der Waals surface area contributed by atoms with Gasteiger partial charge in [-0.2, -0.15) is 0 Å². The molecule has 0 aliphatic rings. The molecule has 0 aliphatic heterocycles. The summed E-state index contributed by atoms with van der Waals surface area (Å²) in [5, 5.41) is 3.82. The van der Waals surface area contributed by atoms with Crippen molar-refractivity contribution in [2.45, 2.75) is 26.0 Å². The number of anilines is 1. The quantitative estimate of drug-likeness (QED) is 0.653. The fraction of sp³-hybridized carbons (Fsp3) is 0.250. The Labute approximate surface area is 166 Å². The van der Waals surface area contributed by atoms with E-state index in [0.29, 0.717) is 27.4 Å². The van der Waals surface area contributed by atoms with Gasteiger partial charge in [0.05, 0.1) is 32.6 Å². The Balaban J connectivity index is 1.68. The number of nitrogens with zero attached hydrogens (tertiary/aromatic N) is 1. The van der Waals surface area contributed by atoms with Crippen LogP contribution in [-0.4, -0.2) is 21.6 Å². The zero-order valence-corrected chi connectivity index (χ0v) is 16.9. The van der Waals surface area contributed by atoms with Gasteiger partial charge in [0.15, 0.2) is 0 Å². The molecule has 140 valence electrons. The van der Waals surface area contributed by atoms with E-state index in [-0.39, 0.29) is 22.5 Å². The molecule has 1 unspecified atom stereocenters. The maximum absolute atomic E-state index is 12.3. The van der Waals surface area contributed by atoms with Crippen LogP contribution in [0.2, 0.25) is 5.02 Å².